The average Bonchev–Trinajstić information content (AvgIpc) is 2.46. The van der Waals surface area contributed by atoms with Crippen LogP contribution < -0.4 is 5.73 Å². The molecule has 21 heavy (non-hydrogen) atoms. The van der Waals surface area contributed by atoms with Gasteiger partial charge < -0.3 is 20.3 Å². The van der Waals surface area contributed by atoms with E-state index in [4.69, 9.17) is 20.3 Å². The molecule has 3 N–H and O–H groups in total. The molecule has 0 spiro atoms. The number of carbonyl (C=O) groups excluding carboxylic acids is 2. The number of nitrogens with two attached hydrogens (primary N) is 1. The normalized spacial score (nSPS) is 23.4. The van der Waals surface area contributed by atoms with Gasteiger partial charge in [-0.1, -0.05) is 13.8 Å². The second-order valence-corrected chi connectivity index (χ2v) is 5.68. The van der Waals surface area contributed by atoms with Crippen molar-refractivity contribution in [3.63, 3.8) is 0 Å². The van der Waals surface area contributed by atoms with E-state index < -0.39 is 30.7 Å². The number of carbonyl (C=O) groups is 3. The van der Waals surface area contributed by atoms with Crippen LogP contribution in [0.2, 0.25) is 0 Å². The molecule has 7 heteroatoms. The zero-order valence-electron chi connectivity index (χ0n) is 12.4. The maximum atomic E-state index is 11.8. The van der Waals surface area contributed by atoms with Gasteiger partial charge in [-0.15, -0.1) is 0 Å². The Hall–Kier alpha value is -1.63. The molecule has 1 aliphatic carbocycles. The summed E-state index contributed by atoms with van der Waals surface area (Å²) in [7, 11) is 0. The summed E-state index contributed by atoms with van der Waals surface area (Å²) >= 11 is 0. The molecule has 7 nitrogen and oxygen atoms in total. The van der Waals surface area contributed by atoms with Crippen molar-refractivity contribution in [1.82, 2.24) is 0 Å². The van der Waals surface area contributed by atoms with Gasteiger partial charge in [0.05, 0.1) is 11.8 Å². The summed E-state index contributed by atoms with van der Waals surface area (Å²) in [5.41, 5.74) is 5.83. The minimum Gasteiger partial charge on any atom is -0.481 e. The monoisotopic (exact) mass is 301 g/mol. The molecule has 0 heterocycles. The molecule has 1 atom stereocenters. The Balaban J connectivity index is 2.31. The lowest BCUT2D eigenvalue weighted by Gasteiger charge is -2.29. The standard InChI is InChI=1S/C14H23NO6/c1-8(2)13(18)20-7-21-14(19)11(15)9-3-5-10(6-4-9)12(16)17/h8-11H,3-7,15H2,1-2H3,(H,16,17)/t9-,10-,11?. The van der Waals surface area contributed by atoms with Crippen LogP contribution in [0.5, 0.6) is 0 Å². The minimum absolute atomic E-state index is 0.0890. The molecule has 0 saturated heterocycles. The van der Waals surface area contributed by atoms with E-state index in [1.165, 1.54) is 0 Å². The van der Waals surface area contributed by atoms with Gasteiger partial charge in [-0.3, -0.25) is 14.4 Å². The Morgan fingerprint density at radius 1 is 1.10 bits per heavy atom. The van der Waals surface area contributed by atoms with Crippen LogP contribution in [0.1, 0.15) is 39.5 Å². The fraction of sp³-hybridized carbons (Fsp3) is 0.786. The summed E-state index contributed by atoms with van der Waals surface area (Å²) in [5, 5.41) is 8.91. The van der Waals surface area contributed by atoms with Crippen molar-refractivity contribution in [1.29, 1.82) is 0 Å². The fourth-order valence-corrected chi connectivity index (χ4v) is 2.33. The van der Waals surface area contributed by atoms with Crippen LogP contribution in [0.3, 0.4) is 0 Å². The van der Waals surface area contributed by atoms with Gasteiger partial charge in [0.25, 0.3) is 0 Å². The second-order valence-electron chi connectivity index (χ2n) is 5.68. The second kappa shape index (κ2) is 7.97. The number of esters is 2. The van der Waals surface area contributed by atoms with Gasteiger partial charge in [0.15, 0.2) is 0 Å². The van der Waals surface area contributed by atoms with Crippen LogP contribution in [0, 0.1) is 17.8 Å². The molecule has 0 radical (unpaired) electrons. The SMILES string of the molecule is CC(C)C(=O)OCOC(=O)C(N)[C@H]1CC[C@H](C(=O)O)CC1. The van der Waals surface area contributed by atoms with Crippen LogP contribution in [0.15, 0.2) is 0 Å². The summed E-state index contributed by atoms with van der Waals surface area (Å²) in [4.78, 5) is 33.8. The summed E-state index contributed by atoms with van der Waals surface area (Å²) in [6, 6.07) is -0.808. The lowest BCUT2D eigenvalue weighted by molar-refractivity contribution is -0.171. The van der Waals surface area contributed by atoms with Gasteiger partial charge in [0, 0.05) is 0 Å². The predicted molar refractivity (Wildman–Crippen MR) is 72.9 cm³/mol. The first-order chi connectivity index (χ1) is 9.82. The van der Waals surface area contributed by atoms with Gasteiger partial charge in [0.1, 0.15) is 6.04 Å². The highest BCUT2D eigenvalue weighted by Crippen LogP contribution is 2.30. The number of aliphatic carboxylic acids is 1. The quantitative estimate of drug-likeness (QED) is 0.553. The largest absolute Gasteiger partial charge is 0.481 e. The third kappa shape index (κ3) is 5.34. The highest BCUT2D eigenvalue weighted by atomic mass is 16.7. The van der Waals surface area contributed by atoms with Crippen molar-refractivity contribution in [2.75, 3.05) is 6.79 Å². The van der Waals surface area contributed by atoms with Crippen LogP contribution in [-0.2, 0) is 23.9 Å². The molecule has 1 saturated carbocycles. The fourth-order valence-electron chi connectivity index (χ4n) is 2.33. The molecular weight excluding hydrogens is 278 g/mol. The summed E-state index contributed by atoms with van der Waals surface area (Å²) in [5.74, 6) is -2.59. The van der Waals surface area contributed by atoms with Crippen LogP contribution in [0.4, 0.5) is 0 Å². The summed E-state index contributed by atoms with van der Waals surface area (Å²) in [6.45, 7) is 2.92. The number of hydrogen-bond acceptors (Lipinski definition) is 6. The first-order valence-electron chi connectivity index (χ1n) is 7.14. The Kier molecular flexibility index (Phi) is 6.61. The number of carboxylic acids is 1. The summed E-state index contributed by atoms with van der Waals surface area (Å²) in [6.07, 6.45) is 2.20. The Bertz CT molecular complexity index is 387. The van der Waals surface area contributed by atoms with Crippen molar-refractivity contribution < 1.29 is 29.0 Å². The molecule has 1 fully saturated rings. The minimum atomic E-state index is -0.808. The Morgan fingerprint density at radius 2 is 1.62 bits per heavy atom. The molecule has 0 aliphatic heterocycles. The average molecular weight is 301 g/mol. The van der Waals surface area contributed by atoms with Gasteiger partial charge in [0.2, 0.25) is 6.79 Å². The number of ether oxygens (including phenoxy) is 2. The van der Waals surface area contributed by atoms with Crippen molar-refractivity contribution >= 4 is 17.9 Å². The van der Waals surface area contributed by atoms with E-state index in [1.54, 1.807) is 13.8 Å². The molecule has 1 unspecified atom stereocenters. The molecule has 0 bridgehead atoms. The number of rotatable bonds is 6. The van der Waals surface area contributed by atoms with Crippen LogP contribution in [0.25, 0.3) is 0 Å². The third-order valence-corrected chi connectivity index (χ3v) is 3.77. The highest BCUT2D eigenvalue weighted by Gasteiger charge is 2.32. The van der Waals surface area contributed by atoms with E-state index in [-0.39, 0.29) is 17.8 Å². The van der Waals surface area contributed by atoms with Crippen molar-refractivity contribution in [2.24, 2.45) is 23.5 Å². The topological polar surface area (TPSA) is 116 Å². The highest BCUT2D eigenvalue weighted by molar-refractivity contribution is 5.76. The first kappa shape index (κ1) is 17.4. The maximum Gasteiger partial charge on any atom is 0.326 e. The first-order valence-corrected chi connectivity index (χ1v) is 7.14. The molecular formula is C14H23NO6. The lowest BCUT2D eigenvalue weighted by Crippen LogP contribution is -2.42. The van der Waals surface area contributed by atoms with Crippen LogP contribution in [-0.4, -0.2) is 35.8 Å². The van der Waals surface area contributed by atoms with E-state index in [0.717, 1.165) is 0 Å². The molecule has 0 aromatic carbocycles. The van der Waals surface area contributed by atoms with E-state index in [2.05, 4.69) is 0 Å². The van der Waals surface area contributed by atoms with E-state index in [1.807, 2.05) is 0 Å². The van der Waals surface area contributed by atoms with E-state index in [9.17, 15) is 14.4 Å². The van der Waals surface area contributed by atoms with E-state index in [0.29, 0.717) is 25.7 Å². The van der Waals surface area contributed by atoms with Crippen molar-refractivity contribution in [2.45, 2.75) is 45.6 Å². The lowest BCUT2D eigenvalue weighted by atomic mass is 9.79. The van der Waals surface area contributed by atoms with Crippen molar-refractivity contribution in [3.05, 3.63) is 0 Å². The number of hydrogen-bond donors (Lipinski definition) is 2. The Labute approximate surface area is 123 Å². The molecule has 0 amide bonds. The van der Waals surface area contributed by atoms with Gasteiger partial charge in [-0.25, -0.2) is 0 Å². The smallest absolute Gasteiger partial charge is 0.326 e. The maximum absolute atomic E-state index is 11.8. The molecule has 120 valence electrons. The Morgan fingerprint density at radius 3 is 2.10 bits per heavy atom. The van der Waals surface area contributed by atoms with Gasteiger partial charge in [-0.05, 0) is 31.6 Å². The van der Waals surface area contributed by atoms with E-state index >= 15 is 0 Å². The van der Waals surface area contributed by atoms with Gasteiger partial charge >= 0.3 is 17.9 Å². The van der Waals surface area contributed by atoms with Crippen molar-refractivity contribution in [3.8, 4) is 0 Å². The molecule has 0 aromatic rings. The van der Waals surface area contributed by atoms with Crippen LogP contribution >= 0.6 is 0 Å². The zero-order valence-corrected chi connectivity index (χ0v) is 12.4. The summed E-state index contributed by atoms with van der Waals surface area (Å²) < 4.78 is 9.57. The molecule has 1 rings (SSSR count). The molecule has 1 aliphatic rings. The third-order valence-electron chi connectivity index (χ3n) is 3.77. The number of carboxylic acid groups (broad SMARTS) is 1. The predicted octanol–water partition coefficient (Wildman–Crippen LogP) is 0.905. The molecule has 0 aromatic heterocycles. The zero-order chi connectivity index (χ0) is 16.0. The van der Waals surface area contributed by atoms with Gasteiger partial charge in [-0.2, -0.15) is 0 Å².